The van der Waals surface area contributed by atoms with Crippen LogP contribution in [-0.4, -0.2) is 37.0 Å². The average Bonchev–Trinajstić information content (AvgIpc) is 2.76. The molecular weight excluding hydrogens is 252 g/mol. The molecule has 0 radical (unpaired) electrons. The smallest absolute Gasteiger partial charge is 0.241 e. The summed E-state index contributed by atoms with van der Waals surface area (Å²) in [7, 11) is 1.63. The number of likely N-dealkylation sites (tertiary alicyclic amines) is 1. The Balaban J connectivity index is 1.92. The molecule has 20 heavy (non-hydrogen) atoms. The third-order valence-electron chi connectivity index (χ3n) is 3.93. The van der Waals surface area contributed by atoms with Gasteiger partial charge in [0.25, 0.3) is 0 Å². The average molecular weight is 276 g/mol. The number of amides is 1. The van der Waals surface area contributed by atoms with Crippen molar-refractivity contribution in [2.24, 2.45) is 0 Å². The van der Waals surface area contributed by atoms with E-state index in [2.05, 4.69) is 10.2 Å². The van der Waals surface area contributed by atoms with E-state index in [1.165, 1.54) is 25.7 Å². The minimum absolute atomic E-state index is 0.0667. The topological polar surface area (TPSA) is 41.6 Å². The molecule has 1 aliphatic rings. The molecule has 0 spiro atoms. The monoisotopic (exact) mass is 276 g/mol. The van der Waals surface area contributed by atoms with Crippen LogP contribution in [0, 0.1) is 0 Å². The van der Waals surface area contributed by atoms with Crippen molar-refractivity contribution in [2.75, 3.05) is 25.5 Å². The molecule has 2 rings (SSSR count). The van der Waals surface area contributed by atoms with Crippen LogP contribution in [-0.2, 0) is 4.79 Å². The van der Waals surface area contributed by atoms with E-state index in [-0.39, 0.29) is 11.9 Å². The van der Waals surface area contributed by atoms with Crippen molar-refractivity contribution in [3.63, 3.8) is 0 Å². The molecule has 1 unspecified atom stereocenters. The number of rotatable bonds is 4. The molecule has 0 bridgehead atoms. The number of hydrogen-bond acceptors (Lipinski definition) is 3. The maximum Gasteiger partial charge on any atom is 0.241 e. The van der Waals surface area contributed by atoms with Gasteiger partial charge in [0.05, 0.1) is 13.2 Å². The maximum absolute atomic E-state index is 12.3. The number of methoxy groups -OCH3 is 1. The van der Waals surface area contributed by atoms with E-state index >= 15 is 0 Å². The van der Waals surface area contributed by atoms with Gasteiger partial charge in [0.15, 0.2) is 0 Å². The highest BCUT2D eigenvalue weighted by Gasteiger charge is 2.21. The van der Waals surface area contributed by atoms with Crippen molar-refractivity contribution in [3.8, 4) is 5.75 Å². The van der Waals surface area contributed by atoms with Crippen LogP contribution in [0.4, 0.5) is 5.69 Å². The number of carbonyl (C=O) groups excluding carboxylic acids is 1. The Morgan fingerprint density at radius 1 is 1.15 bits per heavy atom. The fraction of sp³-hybridized carbons (Fsp3) is 0.562. The summed E-state index contributed by atoms with van der Waals surface area (Å²) in [6, 6.07) is 7.37. The molecule has 1 aromatic carbocycles. The second-order valence-corrected chi connectivity index (χ2v) is 5.34. The van der Waals surface area contributed by atoms with Crippen molar-refractivity contribution in [3.05, 3.63) is 24.3 Å². The van der Waals surface area contributed by atoms with Gasteiger partial charge in [0, 0.05) is 5.69 Å². The molecular formula is C16H24N2O2. The number of hydrogen-bond donors (Lipinski definition) is 1. The van der Waals surface area contributed by atoms with Gasteiger partial charge in [0.1, 0.15) is 5.75 Å². The van der Waals surface area contributed by atoms with Crippen LogP contribution in [0.3, 0.4) is 0 Å². The quantitative estimate of drug-likeness (QED) is 0.919. The van der Waals surface area contributed by atoms with E-state index in [1.54, 1.807) is 7.11 Å². The minimum Gasteiger partial charge on any atom is -0.497 e. The third-order valence-corrected chi connectivity index (χ3v) is 3.93. The van der Waals surface area contributed by atoms with Gasteiger partial charge in [-0.05, 0) is 57.1 Å². The Morgan fingerprint density at radius 2 is 1.75 bits per heavy atom. The summed E-state index contributed by atoms with van der Waals surface area (Å²) in [4.78, 5) is 14.6. The highest BCUT2D eigenvalue weighted by atomic mass is 16.5. The molecule has 1 aliphatic heterocycles. The Labute approximate surface area is 121 Å². The van der Waals surface area contributed by atoms with E-state index in [0.29, 0.717) is 0 Å². The van der Waals surface area contributed by atoms with Crippen LogP contribution in [0.2, 0.25) is 0 Å². The number of ether oxygens (including phenoxy) is 1. The molecule has 1 heterocycles. The predicted octanol–water partition coefficient (Wildman–Crippen LogP) is 2.90. The van der Waals surface area contributed by atoms with Crippen molar-refractivity contribution >= 4 is 11.6 Å². The van der Waals surface area contributed by atoms with Gasteiger partial charge in [-0.25, -0.2) is 0 Å². The first kappa shape index (κ1) is 14.9. The SMILES string of the molecule is COc1ccc(NC(=O)C(C)N2CCCCCC2)cc1. The Hall–Kier alpha value is -1.55. The fourth-order valence-corrected chi connectivity index (χ4v) is 2.57. The summed E-state index contributed by atoms with van der Waals surface area (Å²) in [5.41, 5.74) is 0.817. The van der Waals surface area contributed by atoms with Gasteiger partial charge in [-0.3, -0.25) is 9.69 Å². The largest absolute Gasteiger partial charge is 0.497 e. The summed E-state index contributed by atoms with van der Waals surface area (Å²) >= 11 is 0. The molecule has 1 fully saturated rings. The van der Waals surface area contributed by atoms with Gasteiger partial charge < -0.3 is 10.1 Å². The number of nitrogens with zero attached hydrogens (tertiary/aromatic N) is 1. The van der Waals surface area contributed by atoms with Crippen LogP contribution < -0.4 is 10.1 Å². The zero-order valence-electron chi connectivity index (χ0n) is 12.4. The Morgan fingerprint density at radius 3 is 2.30 bits per heavy atom. The maximum atomic E-state index is 12.3. The van der Waals surface area contributed by atoms with Crippen molar-refractivity contribution in [1.29, 1.82) is 0 Å². The standard InChI is InChI=1S/C16H24N2O2/c1-13(18-11-5-3-4-6-12-18)16(19)17-14-7-9-15(20-2)10-8-14/h7-10,13H,3-6,11-12H2,1-2H3,(H,17,19). The molecule has 110 valence electrons. The number of benzene rings is 1. The highest BCUT2D eigenvalue weighted by Crippen LogP contribution is 2.17. The van der Waals surface area contributed by atoms with Crippen LogP contribution >= 0.6 is 0 Å². The summed E-state index contributed by atoms with van der Waals surface area (Å²) in [6.07, 6.45) is 4.95. The van der Waals surface area contributed by atoms with Crippen molar-refractivity contribution in [1.82, 2.24) is 4.90 Å². The lowest BCUT2D eigenvalue weighted by Crippen LogP contribution is -2.42. The van der Waals surface area contributed by atoms with E-state index in [9.17, 15) is 4.79 Å². The summed E-state index contributed by atoms with van der Waals surface area (Å²) in [5.74, 6) is 0.862. The number of nitrogens with one attached hydrogen (secondary N) is 1. The fourth-order valence-electron chi connectivity index (χ4n) is 2.57. The summed E-state index contributed by atoms with van der Waals surface area (Å²) in [6.45, 7) is 4.04. The van der Waals surface area contributed by atoms with Crippen LogP contribution in [0.1, 0.15) is 32.6 Å². The molecule has 1 N–H and O–H groups in total. The Bertz CT molecular complexity index is 423. The first-order valence-electron chi connectivity index (χ1n) is 7.39. The lowest BCUT2D eigenvalue weighted by Gasteiger charge is -2.26. The molecule has 1 atom stereocenters. The normalized spacial score (nSPS) is 18.1. The van der Waals surface area contributed by atoms with E-state index < -0.39 is 0 Å². The predicted molar refractivity (Wildman–Crippen MR) is 81.1 cm³/mol. The van der Waals surface area contributed by atoms with Gasteiger partial charge in [-0.1, -0.05) is 12.8 Å². The molecule has 0 aromatic heterocycles. The van der Waals surface area contributed by atoms with Gasteiger partial charge >= 0.3 is 0 Å². The zero-order chi connectivity index (χ0) is 14.4. The van der Waals surface area contributed by atoms with Gasteiger partial charge in [0.2, 0.25) is 5.91 Å². The molecule has 1 aromatic rings. The summed E-state index contributed by atoms with van der Waals surface area (Å²) in [5, 5.41) is 2.97. The molecule has 1 saturated heterocycles. The molecule has 0 saturated carbocycles. The van der Waals surface area contributed by atoms with Gasteiger partial charge in [-0.15, -0.1) is 0 Å². The van der Waals surface area contributed by atoms with Crippen molar-refractivity contribution < 1.29 is 9.53 Å². The lowest BCUT2D eigenvalue weighted by atomic mass is 10.2. The molecule has 4 nitrogen and oxygen atoms in total. The molecule has 1 amide bonds. The minimum atomic E-state index is -0.0739. The lowest BCUT2D eigenvalue weighted by molar-refractivity contribution is -0.120. The first-order valence-corrected chi connectivity index (χ1v) is 7.39. The number of anilines is 1. The zero-order valence-corrected chi connectivity index (χ0v) is 12.4. The third kappa shape index (κ3) is 3.97. The first-order chi connectivity index (χ1) is 9.70. The summed E-state index contributed by atoms with van der Waals surface area (Å²) < 4.78 is 5.11. The van der Waals surface area contributed by atoms with Crippen LogP contribution in [0.5, 0.6) is 5.75 Å². The van der Waals surface area contributed by atoms with E-state index in [0.717, 1.165) is 24.5 Å². The van der Waals surface area contributed by atoms with Crippen LogP contribution in [0.25, 0.3) is 0 Å². The molecule has 4 heteroatoms. The van der Waals surface area contributed by atoms with Crippen LogP contribution in [0.15, 0.2) is 24.3 Å². The van der Waals surface area contributed by atoms with E-state index in [4.69, 9.17) is 4.74 Å². The second-order valence-electron chi connectivity index (χ2n) is 5.34. The van der Waals surface area contributed by atoms with Crippen molar-refractivity contribution in [2.45, 2.75) is 38.6 Å². The van der Waals surface area contributed by atoms with E-state index in [1.807, 2.05) is 31.2 Å². The highest BCUT2D eigenvalue weighted by molar-refractivity contribution is 5.94. The molecule has 0 aliphatic carbocycles. The Kier molecular flexibility index (Phi) is 5.41. The van der Waals surface area contributed by atoms with Gasteiger partial charge in [-0.2, -0.15) is 0 Å². The number of carbonyl (C=O) groups is 1. The second kappa shape index (κ2) is 7.29.